The van der Waals surface area contributed by atoms with Crippen molar-refractivity contribution in [1.29, 1.82) is 0 Å². The highest BCUT2D eigenvalue weighted by Gasteiger charge is 2.01. The maximum atomic E-state index is 2.33. The first-order valence-corrected chi connectivity index (χ1v) is 4.31. The first kappa shape index (κ1) is 9.96. The first-order valence-electron chi connectivity index (χ1n) is 4.31. The Bertz CT molecular complexity index is 69.1. The summed E-state index contributed by atoms with van der Waals surface area (Å²) in [4.78, 5) is 2.26. The standard InChI is InChI=1S/C9H21N/c1-5-6-7-9(2)8-10(3)4/h9H,5-8H2,1-4H3/t9-/m1/s1. The molecule has 1 heteroatoms. The van der Waals surface area contributed by atoms with E-state index < -0.39 is 0 Å². The minimum Gasteiger partial charge on any atom is -0.309 e. The van der Waals surface area contributed by atoms with Gasteiger partial charge < -0.3 is 4.90 Å². The van der Waals surface area contributed by atoms with Crippen LogP contribution in [0.2, 0.25) is 0 Å². The molecule has 0 heterocycles. The third-order valence-electron chi connectivity index (χ3n) is 1.73. The third kappa shape index (κ3) is 6.09. The second kappa shape index (κ2) is 5.72. The zero-order chi connectivity index (χ0) is 7.98. The van der Waals surface area contributed by atoms with Gasteiger partial charge >= 0.3 is 0 Å². The van der Waals surface area contributed by atoms with Gasteiger partial charge in [-0.15, -0.1) is 0 Å². The van der Waals surface area contributed by atoms with Crippen LogP contribution in [-0.2, 0) is 0 Å². The summed E-state index contributed by atoms with van der Waals surface area (Å²) in [5.41, 5.74) is 0. The molecule has 0 saturated heterocycles. The molecule has 0 aromatic heterocycles. The van der Waals surface area contributed by atoms with E-state index in [0.717, 1.165) is 5.92 Å². The third-order valence-corrected chi connectivity index (χ3v) is 1.73. The molecule has 0 amide bonds. The van der Waals surface area contributed by atoms with Crippen LogP contribution in [0.4, 0.5) is 0 Å². The fourth-order valence-electron chi connectivity index (χ4n) is 1.27. The summed E-state index contributed by atoms with van der Waals surface area (Å²) in [6.07, 6.45) is 4.10. The van der Waals surface area contributed by atoms with Gasteiger partial charge in [0.15, 0.2) is 0 Å². The van der Waals surface area contributed by atoms with Crippen LogP contribution in [0.15, 0.2) is 0 Å². The van der Waals surface area contributed by atoms with E-state index in [-0.39, 0.29) is 0 Å². The quantitative estimate of drug-likeness (QED) is 0.571. The fraction of sp³-hybridized carbons (Fsp3) is 1.00. The molecule has 62 valence electrons. The highest BCUT2D eigenvalue weighted by molar-refractivity contribution is 4.55. The van der Waals surface area contributed by atoms with E-state index in [0.29, 0.717) is 0 Å². The molecule has 0 aromatic carbocycles. The SMILES string of the molecule is CCCC[C@@H](C)CN(C)C. The molecule has 0 N–H and O–H groups in total. The minimum absolute atomic E-state index is 0.870. The number of unbranched alkanes of at least 4 members (excludes halogenated alkanes) is 1. The number of nitrogens with zero attached hydrogens (tertiary/aromatic N) is 1. The number of hydrogen-bond acceptors (Lipinski definition) is 1. The summed E-state index contributed by atoms with van der Waals surface area (Å²) in [5, 5.41) is 0. The van der Waals surface area contributed by atoms with Gasteiger partial charge in [-0.2, -0.15) is 0 Å². The van der Waals surface area contributed by atoms with Crippen molar-refractivity contribution in [3.63, 3.8) is 0 Å². The predicted octanol–water partition coefficient (Wildman–Crippen LogP) is 2.37. The van der Waals surface area contributed by atoms with Crippen molar-refractivity contribution in [2.24, 2.45) is 5.92 Å². The van der Waals surface area contributed by atoms with Crippen LogP contribution in [-0.4, -0.2) is 25.5 Å². The summed E-state index contributed by atoms with van der Waals surface area (Å²) in [6, 6.07) is 0. The van der Waals surface area contributed by atoms with Gasteiger partial charge in [0, 0.05) is 6.54 Å². The second-order valence-corrected chi connectivity index (χ2v) is 3.51. The summed E-state index contributed by atoms with van der Waals surface area (Å²) in [5.74, 6) is 0.870. The average Bonchev–Trinajstić information content (AvgIpc) is 1.82. The Kier molecular flexibility index (Phi) is 5.70. The molecular weight excluding hydrogens is 122 g/mol. The molecule has 0 fully saturated rings. The Morgan fingerprint density at radius 3 is 2.30 bits per heavy atom. The molecule has 0 radical (unpaired) electrons. The van der Waals surface area contributed by atoms with Gasteiger partial charge in [-0.3, -0.25) is 0 Å². The van der Waals surface area contributed by atoms with E-state index in [1.54, 1.807) is 0 Å². The average molecular weight is 143 g/mol. The lowest BCUT2D eigenvalue weighted by Gasteiger charge is -2.15. The summed E-state index contributed by atoms with van der Waals surface area (Å²) in [6.45, 7) is 5.82. The molecule has 0 aliphatic carbocycles. The highest BCUT2D eigenvalue weighted by Crippen LogP contribution is 2.07. The van der Waals surface area contributed by atoms with E-state index >= 15 is 0 Å². The number of hydrogen-bond donors (Lipinski definition) is 0. The van der Waals surface area contributed by atoms with Crippen molar-refractivity contribution < 1.29 is 0 Å². The van der Waals surface area contributed by atoms with Gasteiger partial charge in [0.1, 0.15) is 0 Å². The Labute approximate surface area is 65.4 Å². The number of rotatable bonds is 5. The Morgan fingerprint density at radius 2 is 1.90 bits per heavy atom. The zero-order valence-electron chi connectivity index (χ0n) is 7.85. The van der Waals surface area contributed by atoms with E-state index in [9.17, 15) is 0 Å². The molecule has 10 heavy (non-hydrogen) atoms. The van der Waals surface area contributed by atoms with Gasteiger partial charge in [0.05, 0.1) is 0 Å². The summed E-state index contributed by atoms with van der Waals surface area (Å²) in [7, 11) is 4.28. The van der Waals surface area contributed by atoms with Gasteiger partial charge in [-0.25, -0.2) is 0 Å². The normalized spacial score (nSPS) is 14.1. The lowest BCUT2D eigenvalue weighted by molar-refractivity contribution is 0.323. The van der Waals surface area contributed by atoms with Gasteiger partial charge in [0.25, 0.3) is 0 Å². The molecule has 1 nitrogen and oxygen atoms in total. The van der Waals surface area contributed by atoms with Gasteiger partial charge in [-0.05, 0) is 26.4 Å². The lowest BCUT2D eigenvalue weighted by Crippen LogP contribution is -2.19. The Balaban J connectivity index is 3.16. The van der Waals surface area contributed by atoms with Crippen LogP contribution < -0.4 is 0 Å². The van der Waals surface area contributed by atoms with Gasteiger partial charge in [0.2, 0.25) is 0 Å². The molecule has 0 saturated carbocycles. The second-order valence-electron chi connectivity index (χ2n) is 3.51. The predicted molar refractivity (Wildman–Crippen MR) is 47.2 cm³/mol. The molecule has 0 aromatic rings. The molecular formula is C9H21N. The maximum absolute atomic E-state index is 2.33. The summed E-state index contributed by atoms with van der Waals surface area (Å²) < 4.78 is 0. The molecule has 0 rings (SSSR count). The maximum Gasteiger partial charge on any atom is 0.0000919 e. The van der Waals surface area contributed by atoms with Crippen molar-refractivity contribution in [1.82, 2.24) is 4.90 Å². The van der Waals surface area contributed by atoms with Crippen LogP contribution in [0.3, 0.4) is 0 Å². The molecule has 0 aliphatic heterocycles. The first-order chi connectivity index (χ1) is 4.66. The van der Waals surface area contributed by atoms with E-state index in [1.165, 1.54) is 25.8 Å². The highest BCUT2D eigenvalue weighted by atomic mass is 15.1. The molecule has 0 aliphatic rings. The van der Waals surface area contributed by atoms with Crippen molar-refractivity contribution in [3.8, 4) is 0 Å². The Hall–Kier alpha value is -0.0400. The smallest absolute Gasteiger partial charge is 0.0000919 e. The zero-order valence-corrected chi connectivity index (χ0v) is 7.85. The van der Waals surface area contributed by atoms with Crippen molar-refractivity contribution in [2.75, 3.05) is 20.6 Å². The van der Waals surface area contributed by atoms with Crippen LogP contribution in [0, 0.1) is 5.92 Å². The van der Waals surface area contributed by atoms with Crippen LogP contribution in [0.1, 0.15) is 33.1 Å². The monoisotopic (exact) mass is 143 g/mol. The van der Waals surface area contributed by atoms with Crippen LogP contribution in [0.5, 0.6) is 0 Å². The molecule has 0 unspecified atom stereocenters. The van der Waals surface area contributed by atoms with Crippen molar-refractivity contribution in [3.05, 3.63) is 0 Å². The fourth-order valence-corrected chi connectivity index (χ4v) is 1.27. The van der Waals surface area contributed by atoms with E-state index in [2.05, 4.69) is 32.8 Å². The largest absolute Gasteiger partial charge is 0.309 e. The van der Waals surface area contributed by atoms with E-state index in [4.69, 9.17) is 0 Å². The molecule has 0 bridgehead atoms. The molecule has 0 spiro atoms. The molecule has 1 atom stereocenters. The lowest BCUT2D eigenvalue weighted by atomic mass is 10.0. The van der Waals surface area contributed by atoms with Crippen molar-refractivity contribution >= 4 is 0 Å². The van der Waals surface area contributed by atoms with Gasteiger partial charge in [-0.1, -0.05) is 26.7 Å². The van der Waals surface area contributed by atoms with Crippen molar-refractivity contribution in [2.45, 2.75) is 33.1 Å². The topological polar surface area (TPSA) is 3.24 Å². The van der Waals surface area contributed by atoms with Crippen LogP contribution >= 0.6 is 0 Å². The Morgan fingerprint density at radius 1 is 1.30 bits per heavy atom. The minimum atomic E-state index is 0.870. The summed E-state index contributed by atoms with van der Waals surface area (Å²) >= 11 is 0. The van der Waals surface area contributed by atoms with E-state index in [1.807, 2.05) is 0 Å². The van der Waals surface area contributed by atoms with Crippen LogP contribution in [0.25, 0.3) is 0 Å².